The van der Waals surface area contributed by atoms with E-state index in [1.54, 1.807) is 43.1 Å². The van der Waals surface area contributed by atoms with Crippen LogP contribution in [0.5, 0.6) is 0 Å². The number of amides is 2. The van der Waals surface area contributed by atoms with Gasteiger partial charge in [-0.25, -0.2) is 4.68 Å². The zero-order valence-corrected chi connectivity index (χ0v) is 16.9. The van der Waals surface area contributed by atoms with E-state index in [9.17, 15) is 14.4 Å². The Kier molecular flexibility index (Phi) is 6.69. The second-order valence-corrected chi connectivity index (χ2v) is 6.76. The SMILES string of the molecule is Cc1nn(-c2ccccc2)c(C)c1C(=O)C(=O)NCCC(=O)NCc1ccncc1. The topological polar surface area (TPSA) is 106 Å². The van der Waals surface area contributed by atoms with E-state index in [0.29, 0.717) is 17.9 Å². The van der Waals surface area contributed by atoms with Gasteiger partial charge in [0.2, 0.25) is 5.91 Å². The van der Waals surface area contributed by atoms with Gasteiger partial charge in [-0.3, -0.25) is 19.4 Å². The summed E-state index contributed by atoms with van der Waals surface area (Å²) >= 11 is 0. The van der Waals surface area contributed by atoms with Crippen LogP contribution in [0.25, 0.3) is 5.69 Å². The Bertz CT molecular complexity index is 1050. The summed E-state index contributed by atoms with van der Waals surface area (Å²) in [6, 6.07) is 13.0. The molecule has 0 spiro atoms. The van der Waals surface area contributed by atoms with Crippen molar-refractivity contribution in [2.75, 3.05) is 6.54 Å². The third-order valence-electron chi connectivity index (χ3n) is 4.60. The second-order valence-electron chi connectivity index (χ2n) is 6.76. The molecule has 30 heavy (non-hydrogen) atoms. The highest BCUT2D eigenvalue weighted by Gasteiger charge is 2.24. The molecule has 2 amide bonds. The summed E-state index contributed by atoms with van der Waals surface area (Å²) in [5.74, 6) is -1.64. The van der Waals surface area contributed by atoms with Gasteiger partial charge in [-0.2, -0.15) is 5.10 Å². The number of ketones is 1. The Hall–Kier alpha value is -3.81. The average molecular weight is 405 g/mol. The number of aromatic nitrogens is 3. The molecule has 0 atom stereocenters. The first-order chi connectivity index (χ1) is 14.5. The van der Waals surface area contributed by atoms with Crippen LogP contribution in [-0.4, -0.2) is 38.9 Å². The zero-order chi connectivity index (χ0) is 21.5. The number of rotatable bonds is 8. The van der Waals surface area contributed by atoms with Crippen LogP contribution in [0.4, 0.5) is 0 Å². The van der Waals surface area contributed by atoms with E-state index in [-0.39, 0.29) is 24.4 Å². The van der Waals surface area contributed by atoms with Crippen molar-refractivity contribution in [1.29, 1.82) is 0 Å². The smallest absolute Gasteiger partial charge is 0.292 e. The van der Waals surface area contributed by atoms with Crippen LogP contribution in [0, 0.1) is 13.8 Å². The molecule has 0 aliphatic carbocycles. The van der Waals surface area contributed by atoms with Crippen LogP contribution in [-0.2, 0) is 16.1 Å². The van der Waals surface area contributed by atoms with Crippen LogP contribution < -0.4 is 10.6 Å². The van der Waals surface area contributed by atoms with Crippen molar-refractivity contribution >= 4 is 17.6 Å². The fourth-order valence-corrected chi connectivity index (χ4v) is 3.06. The van der Waals surface area contributed by atoms with Gasteiger partial charge < -0.3 is 10.6 Å². The molecule has 0 fully saturated rings. The molecule has 8 nitrogen and oxygen atoms in total. The minimum atomic E-state index is -0.754. The maximum absolute atomic E-state index is 12.6. The van der Waals surface area contributed by atoms with E-state index in [0.717, 1.165) is 11.3 Å². The molecule has 3 rings (SSSR count). The van der Waals surface area contributed by atoms with Gasteiger partial charge >= 0.3 is 0 Å². The minimum Gasteiger partial charge on any atom is -0.352 e. The van der Waals surface area contributed by atoms with Crippen LogP contribution >= 0.6 is 0 Å². The highest BCUT2D eigenvalue weighted by atomic mass is 16.2. The van der Waals surface area contributed by atoms with Crippen molar-refractivity contribution in [1.82, 2.24) is 25.4 Å². The minimum absolute atomic E-state index is 0.0671. The Labute approximate surface area is 174 Å². The molecule has 0 saturated heterocycles. The quantitative estimate of drug-likeness (QED) is 0.440. The molecule has 0 aliphatic rings. The summed E-state index contributed by atoms with van der Waals surface area (Å²) in [5, 5.41) is 9.67. The molecule has 0 aliphatic heterocycles. The fraction of sp³-hybridized carbons (Fsp3) is 0.227. The Morgan fingerprint density at radius 2 is 1.67 bits per heavy atom. The molecule has 0 radical (unpaired) electrons. The predicted octanol–water partition coefficient (Wildman–Crippen LogP) is 1.89. The van der Waals surface area contributed by atoms with Gasteiger partial charge in [-0.15, -0.1) is 0 Å². The van der Waals surface area contributed by atoms with E-state index in [2.05, 4.69) is 20.7 Å². The lowest BCUT2D eigenvalue weighted by atomic mass is 10.1. The van der Waals surface area contributed by atoms with E-state index >= 15 is 0 Å². The van der Waals surface area contributed by atoms with Crippen molar-refractivity contribution in [3.05, 3.63) is 77.4 Å². The predicted molar refractivity (Wildman–Crippen MR) is 111 cm³/mol. The van der Waals surface area contributed by atoms with E-state index < -0.39 is 11.7 Å². The number of Topliss-reactive ketones (excluding diaryl/α,β-unsaturated/α-hetero) is 1. The van der Waals surface area contributed by atoms with Gasteiger partial charge in [-0.05, 0) is 43.7 Å². The number of hydrogen-bond acceptors (Lipinski definition) is 5. The van der Waals surface area contributed by atoms with Gasteiger partial charge in [0.05, 0.1) is 22.6 Å². The number of hydrogen-bond donors (Lipinski definition) is 2. The number of nitrogens with zero attached hydrogens (tertiary/aromatic N) is 3. The molecule has 2 heterocycles. The summed E-state index contributed by atoms with van der Waals surface area (Å²) in [4.78, 5) is 40.8. The number of carbonyl (C=O) groups excluding carboxylic acids is 3. The van der Waals surface area contributed by atoms with Crippen molar-refractivity contribution < 1.29 is 14.4 Å². The first-order valence-corrected chi connectivity index (χ1v) is 9.57. The van der Waals surface area contributed by atoms with Crippen LogP contribution in [0.1, 0.15) is 33.7 Å². The van der Waals surface area contributed by atoms with Gasteiger partial charge in [0.25, 0.3) is 11.7 Å². The van der Waals surface area contributed by atoms with Gasteiger partial charge in [0.15, 0.2) is 0 Å². The molecule has 0 unspecified atom stereocenters. The largest absolute Gasteiger partial charge is 0.352 e. The lowest BCUT2D eigenvalue weighted by molar-refractivity contribution is -0.121. The number of aryl methyl sites for hydroxylation is 1. The van der Waals surface area contributed by atoms with E-state index in [4.69, 9.17) is 0 Å². The van der Waals surface area contributed by atoms with Crippen molar-refractivity contribution in [3.8, 4) is 5.69 Å². The third kappa shape index (κ3) is 4.96. The van der Waals surface area contributed by atoms with Crippen LogP contribution in [0.3, 0.4) is 0 Å². The van der Waals surface area contributed by atoms with Crippen molar-refractivity contribution in [2.45, 2.75) is 26.8 Å². The molecule has 3 aromatic rings. The van der Waals surface area contributed by atoms with Crippen LogP contribution in [0.2, 0.25) is 0 Å². The van der Waals surface area contributed by atoms with Gasteiger partial charge in [0, 0.05) is 31.9 Å². The standard InChI is InChI=1S/C22H23N5O3/c1-15-20(16(2)27(26-15)18-6-4-3-5-7-18)21(29)22(30)24-13-10-19(28)25-14-17-8-11-23-12-9-17/h3-9,11-12H,10,13-14H2,1-2H3,(H,24,30)(H,25,28). The molecule has 1 aromatic carbocycles. The first-order valence-electron chi connectivity index (χ1n) is 9.57. The van der Waals surface area contributed by atoms with E-state index in [1.807, 2.05) is 30.3 Å². The number of carbonyl (C=O) groups is 3. The molecule has 154 valence electrons. The second kappa shape index (κ2) is 9.60. The maximum atomic E-state index is 12.6. The summed E-state index contributed by atoms with van der Waals surface area (Å²) < 4.78 is 1.64. The average Bonchev–Trinajstić information content (AvgIpc) is 3.07. The summed E-state index contributed by atoms with van der Waals surface area (Å²) in [7, 11) is 0. The monoisotopic (exact) mass is 405 g/mol. The summed E-state index contributed by atoms with van der Waals surface area (Å²) in [6.45, 7) is 3.89. The number of para-hydroxylation sites is 1. The zero-order valence-electron chi connectivity index (χ0n) is 16.9. The highest BCUT2D eigenvalue weighted by Crippen LogP contribution is 2.18. The Balaban J connectivity index is 1.54. The summed E-state index contributed by atoms with van der Waals surface area (Å²) in [5.41, 5.74) is 3.08. The molecule has 2 aromatic heterocycles. The van der Waals surface area contributed by atoms with Crippen molar-refractivity contribution in [3.63, 3.8) is 0 Å². The normalized spacial score (nSPS) is 10.5. The van der Waals surface area contributed by atoms with Crippen LogP contribution in [0.15, 0.2) is 54.9 Å². The number of benzene rings is 1. The lowest BCUT2D eigenvalue weighted by Crippen LogP contribution is -2.35. The highest BCUT2D eigenvalue weighted by molar-refractivity contribution is 6.43. The van der Waals surface area contributed by atoms with Gasteiger partial charge in [-0.1, -0.05) is 18.2 Å². The molecular formula is C22H23N5O3. The number of pyridine rings is 1. The first kappa shape index (κ1) is 20.9. The van der Waals surface area contributed by atoms with Gasteiger partial charge in [0.1, 0.15) is 0 Å². The third-order valence-corrected chi connectivity index (χ3v) is 4.60. The fourth-order valence-electron chi connectivity index (χ4n) is 3.06. The molecule has 8 heteroatoms. The molecule has 2 N–H and O–H groups in total. The maximum Gasteiger partial charge on any atom is 0.292 e. The summed E-state index contributed by atoms with van der Waals surface area (Å²) in [6.07, 6.45) is 3.37. The Morgan fingerprint density at radius 1 is 0.967 bits per heavy atom. The molecular weight excluding hydrogens is 382 g/mol. The molecule has 0 bridgehead atoms. The Morgan fingerprint density at radius 3 is 2.37 bits per heavy atom. The van der Waals surface area contributed by atoms with E-state index in [1.165, 1.54) is 0 Å². The van der Waals surface area contributed by atoms with Crippen molar-refractivity contribution in [2.24, 2.45) is 0 Å². The number of nitrogens with one attached hydrogen (secondary N) is 2. The lowest BCUT2D eigenvalue weighted by Gasteiger charge is -2.07. The molecule has 0 saturated carbocycles.